The molecule has 2 rings (SSSR count). The van der Waals surface area contributed by atoms with Gasteiger partial charge >= 0.3 is 0 Å². The van der Waals surface area contributed by atoms with E-state index in [1.165, 1.54) is 12.5 Å². The van der Waals surface area contributed by atoms with Crippen LogP contribution in [0.3, 0.4) is 0 Å². The monoisotopic (exact) mass is 191 g/mol. The Bertz CT molecular complexity index is 392. The van der Waals surface area contributed by atoms with E-state index in [2.05, 4.69) is 15.3 Å². The van der Waals surface area contributed by atoms with Gasteiger partial charge in [0, 0.05) is 12.4 Å². The molecule has 0 unspecified atom stereocenters. The highest BCUT2D eigenvalue weighted by molar-refractivity contribution is 5.93. The van der Waals surface area contributed by atoms with E-state index >= 15 is 0 Å². The van der Waals surface area contributed by atoms with Gasteiger partial charge < -0.3 is 14.7 Å². The summed E-state index contributed by atoms with van der Waals surface area (Å²) in [5.74, 6) is 0.553. The number of rotatable bonds is 3. The summed E-state index contributed by atoms with van der Waals surface area (Å²) < 4.78 is 4.79. The van der Waals surface area contributed by atoms with Crippen LogP contribution in [0.2, 0.25) is 0 Å². The number of carbonyl (C=O) groups excluding carboxylic acids is 1. The molecule has 2 aromatic rings. The number of hydrogen-bond acceptors (Lipinski definition) is 3. The molecule has 1 amide bonds. The van der Waals surface area contributed by atoms with Crippen LogP contribution in [0.1, 0.15) is 16.2 Å². The highest BCUT2D eigenvalue weighted by atomic mass is 16.3. The number of imidazole rings is 1. The third-order valence-electron chi connectivity index (χ3n) is 1.75. The predicted octanol–water partition coefficient (Wildman–Crippen LogP) is 0.933. The molecule has 0 radical (unpaired) electrons. The molecule has 0 bridgehead atoms. The van der Waals surface area contributed by atoms with Crippen LogP contribution in [0.5, 0.6) is 0 Å². The summed E-state index contributed by atoms with van der Waals surface area (Å²) in [4.78, 5) is 18.3. The summed E-state index contributed by atoms with van der Waals surface area (Å²) in [6.07, 6.45) is 6.21. The van der Waals surface area contributed by atoms with Crippen molar-refractivity contribution in [1.29, 1.82) is 0 Å². The Labute approximate surface area is 80.2 Å². The Kier molecular flexibility index (Phi) is 2.31. The third kappa shape index (κ3) is 1.82. The molecule has 5 nitrogen and oxygen atoms in total. The maximum atomic E-state index is 11.4. The SMILES string of the molecule is O=C(NCc1ncc[nH]1)c1ccoc1. The third-order valence-corrected chi connectivity index (χ3v) is 1.75. The zero-order valence-electron chi connectivity index (χ0n) is 7.36. The van der Waals surface area contributed by atoms with E-state index < -0.39 is 0 Å². The second kappa shape index (κ2) is 3.78. The van der Waals surface area contributed by atoms with Gasteiger partial charge in [-0.1, -0.05) is 0 Å². The van der Waals surface area contributed by atoms with Crippen molar-refractivity contribution in [3.05, 3.63) is 42.4 Å². The maximum Gasteiger partial charge on any atom is 0.254 e. The first-order valence-corrected chi connectivity index (χ1v) is 4.15. The van der Waals surface area contributed by atoms with Crippen molar-refractivity contribution < 1.29 is 9.21 Å². The lowest BCUT2D eigenvalue weighted by Gasteiger charge is -1.99. The largest absolute Gasteiger partial charge is 0.472 e. The van der Waals surface area contributed by atoms with Crippen molar-refractivity contribution >= 4 is 5.91 Å². The van der Waals surface area contributed by atoms with Crippen molar-refractivity contribution in [2.24, 2.45) is 0 Å². The molecule has 0 atom stereocenters. The molecule has 0 aliphatic heterocycles. The van der Waals surface area contributed by atoms with Gasteiger partial charge in [-0.25, -0.2) is 4.98 Å². The number of hydrogen-bond donors (Lipinski definition) is 2. The van der Waals surface area contributed by atoms with Crippen molar-refractivity contribution in [1.82, 2.24) is 15.3 Å². The summed E-state index contributed by atoms with van der Waals surface area (Å²) in [6.45, 7) is 0.386. The van der Waals surface area contributed by atoms with Gasteiger partial charge in [0.25, 0.3) is 5.91 Å². The maximum absolute atomic E-state index is 11.4. The fourth-order valence-electron chi connectivity index (χ4n) is 1.05. The molecule has 72 valence electrons. The molecule has 0 spiro atoms. The molecule has 0 aliphatic rings. The smallest absolute Gasteiger partial charge is 0.254 e. The lowest BCUT2D eigenvalue weighted by molar-refractivity contribution is 0.0949. The van der Waals surface area contributed by atoms with Gasteiger partial charge in [0.1, 0.15) is 12.1 Å². The van der Waals surface area contributed by atoms with E-state index in [0.717, 1.165) is 5.82 Å². The normalized spacial score (nSPS) is 10.0. The summed E-state index contributed by atoms with van der Waals surface area (Å²) in [5, 5.41) is 2.69. The average molecular weight is 191 g/mol. The van der Waals surface area contributed by atoms with Gasteiger partial charge in [0.2, 0.25) is 0 Å². The first kappa shape index (κ1) is 8.55. The number of nitrogens with one attached hydrogen (secondary N) is 2. The quantitative estimate of drug-likeness (QED) is 0.758. The summed E-state index contributed by atoms with van der Waals surface area (Å²) in [6, 6.07) is 1.61. The molecule has 2 aromatic heterocycles. The van der Waals surface area contributed by atoms with Gasteiger partial charge in [-0.2, -0.15) is 0 Å². The first-order valence-electron chi connectivity index (χ1n) is 4.15. The molecular formula is C9H9N3O2. The van der Waals surface area contributed by atoms with Crippen molar-refractivity contribution in [3.63, 3.8) is 0 Å². The Morgan fingerprint density at radius 2 is 2.57 bits per heavy atom. The summed E-state index contributed by atoms with van der Waals surface area (Å²) in [5.41, 5.74) is 0.511. The minimum Gasteiger partial charge on any atom is -0.472 e. The van der Waals surface area contributed by atoms with E-state index in [0.29, 0.717) is 12.1 Å². The lowest BCUT2D eigenvalue weighted by atomic mass is 10.3. The number of nitrogens with zero attached hydrogens (tertiary/aromatic N) is 1. The van der Waals surface area contributed by atoms with Crippen molar-refractivity contribution in [2.45, 2.75) is 6.54 Å². The lowest BCUT2D eigenvalue weighted by Crippen LogP contribution is -2.22. The van der Waals surface area contributed by atoms with Crippen molar-refractivity contribution in [2.75, 3.05) is 0 Å². The van der Waals surface area contributed by atoms with Gasteiger partial charge in [-0.3, -0.25) is 4.79 Å². The molecule has 2 N–H and O–H groups in total. The second-order valence-corrected chi connectivity index (χ2v) is 2.73. The Morgan fingerprint density at radius 3 is 3.21 bits per heavy atom. The highest BCUT2D eigenvalue weighted by Gasteiger charge is 2.06. The van der Waals surface area contributed by atoms with E-state index in [9.17, 15) is 4.79 Å². The number of aromatic amines is 1. The Balaban J connectivity index is 1.90. The van der Waals surface area contributed by atoms with Gasteiger partial charge in [-0.05, 0) is 6.07 Å². The van der Waals surface area contributed by atoms with Gasteiger partial charge in [0.15, 0.2) is 0 Å². The minimum absolute atomic E-state index is 0.171. The minimum atomic E-state index is -0.171. The molecule has 0 aliphatic carbocycles. The molecular weight excluding hydrogens is 182 g/mol. The molecule has 0 saturated carbocycles. The Morgan fingerprint density at radius 1 is 1.64 bits per heavy atom. The molecule has 2 heterocycles. The van der Waals surface area contributed by atoms with Gasteiger partial charge in [0.05, 0.1) is 18.4 Å². The van der Waals surface area contributed by atoms with Crippen LogP contribution in [0.25, 0.3) is 0 Å². The average Bonchev–Trinajstić information content (AvgIpc) is 2.87. The fourth-order valence-corrected chi connectivity index (χ4v) is 1.05. The van der Waals surface area contributed by atoms with Crippen LogP contribution in [0, 0.1) is 0 Å². The second-order valence-electron chi connectivity index (χ2n) is 2.73. The standard InChI is InChI=1S/C9H9N3O2/c13-9(7-1-4-14-6-7)12-5-8-10-2-3-11-8/h1-4,6H,5H2,(H,10,11)(H,12,13). The highest BCUT2D eigenvalue weighted by Crippen LogP contribution is 1.99. The van der Waals surface area contributed by atoms with Gasteiger partial charge in [-0.15, -0.1) is 0 Å². The van der Waals surface area contributed by atoms with Crippen molar-refractivity contribution in [3.8, 4) is 0 Å². The molecule has 0 fully saturated rings. The topological polar surface area (TPSA) is 70.9 Å². The zero-order chi connectivity index (χ0) is 9.80. The van der Waals surface area contributed by atoms with Crippen LogP contribution in [-0.4, -0.2) is 15.9 Å². The van der Waals surface area contributed by atoms with E-state index in [-0.39, 0.29) is 5.91 Å². The number of carbonyl (C=O) groups is 1. The number of furan rings is 1. The van der Waals surface area contributed by atoms with Crippen LogP contribution in [0.4, 0.5) is 0 Å². The van der Waals surface area contributed by atoms with Crippen LogP contribution in [-0.2, 0) is 6.54 Å². The fraction of sp³-hybridized carbons (Fsp3) is 0.111. The molecule has 14 heavy (non-hydrogen) atoms. The number of amides is 1. The summed E-state index contributed by atoms with van der Waals surface area (Å²) >= 11 is 0. The Hall–Kier alpha value is -2.04. The molecule has 0 aromatic carbocycles. The van der Waals surface area contributed by atoms with E-state index in [1.807, 2.05) is 0 Å². The van der Waals surface area contributed by atoms with Crippen LogP contribution >= 0.6 is 0 Å². The number of H-pyrrole nitrogens is 1. The predicted molar refractivity (Wildman–Crippen MR) is 48.5 cm³/mol. The first-order chi connectivity index (χ1) is 6.86. The zero-order valence-corrected chi connectivity index (χ0v) is 7.36. The summed E-state index contributed by atoms with van der Waals surface area (Å²) in [7, 11) is 0. The molecule has 0 saturated heterocycles. The van der Waals surface area contributed by atoms with Crippen LogP contribution in [0.15, 0.2) is 35.4 Å². The van der Waals surface area contributed by atoms with Crippen LogP contribution < -0.4 is 5.32 Å². The molecule has 5 heteroatoms. The van der Waals surface area contributed by atoms with E-state index in [4.69, 9.17) is 4.42 Å². The number of aromatic nitrogens is 2. The van der Waals surface area contributed by atoms with E-state index in [1.54, 1.807) is 18.5 Å².